The van der Waals surface area contributed by atoms with E-state index in [0.717, 1.165) is 19.3 Å². The fourth-order valence-electron chi connectivity index (χ4n) is 1.57. The number of nitrogens with zero attached hydrogens (tertiary/aromatic N) is 2. The van der Waals surface area contributed by atoms with Crippen LogP contribution in [0.15, 0.2) is 4.52 Å². The number of aromatic nitrogens is 2. The molecule has 0 spiro atoms. The van der Waals surface area contributed by atoms with Gasteiger partial charge in [0.25, 0.3) is 0 Å². The Bertz CT molecular complexity index is 328. The van der Waals surface area contributed by atoms with Crippen LogP contribution in [0.3, 0.4) is 0 Å². The molecule has 1 saturated carbocycles. The molecular formula is C10H18N4O. The zero-order valence-electron chi connectivity index (χ0n) is 9.29. The summed E-state index contributed by atoms with van der Waals surface area (Å²) in [4.78, 5) is 4.36. The molecule has 1 aliphatic rings. The third kappa shape index (κ3) is 1.66. The van der Waals surface area contributed by atoms with Crippen molar-refractivity contribution in [2.75, 3.05) is 6.54 Å². The molecule has 1 aliphatic carbocycles. The van der Waals surface area contributed by atoms with E-state index in [1.165, 1.54) is 0 Å². The lowest BCUT2D eigenvalue weighted by Crippen LogP contribution is -2.44. The van der Waals surface area contributed by atoms with E-state index in [4.69, 9.17) is 16.0 Å². The Labute approximate surface area is 89.2 Å². The first-order chi connectivity index (χ1) is 6.98. The Morgan fingerprint density at radius 3 is 2.60 bits per heavy atom. The molecule has 0 atom stereocenters. The predicted molar refractivity (Wildman–Crippen MR) is 56.1 cm³/mol. The summed E-state index contributed by atoms with van der Waals surface area (Å²) >= 11 is 0. The van der Waals surface area contributed by atoms with E-state index in [2.05, 4.69) is 10.1 Å². The molecule has 5 nitrogen and oxygen atoms in total. The van der Waals surface area contributed by atoms with Crippen LogP contribution >= 0.6 is 0 Å². The number of nitrogens with two attached hydrogens (primary N) is 2. The quantitative estimate of drug-likeness (QED) is 0.764. The van der Waals surface area contributed by atoms with Crippen LogP contribution in [0.5, 0.6) is 0 Å². The highest BCUT2D eigenvalue weighted by Gasteiger charge is 2.40. The molecule has 1 fully saturated rings. The SMILES string of the molecule is CC(C)(CN)c1nc(C2(N)CCC2)no1. The molecule has 0 unspecified atom stereocenters. The Hall–Kier alpha value is -0.940. The molecule has 0 saturated heterocycles. The van der Waals surface area contributed by atoms with Gasteiger partial charge in [0.05, 0.1) is 11.0 Å². The maximum absolute atomic E-state index is 6.11. The lowest BCUT2D eigenvalue weighted by atomic mass is 9.77. The summed E-state index contributed by atoms with van der Waals surface area (Å²) in [6.07, 6.45) is 3.02. The van der Waals surface area contributed by atoms with E-state index >= 15 is 0 Å². The summed E-state index contributed by atoms with van der Waals surface area (Å²) < 4.78 is 5.22. The zero-order valence-corrected chi connectivity index (χ0v) is 9.29. The molecule has 0 radical (unpaired) electrons. The monoisotopic (exact) mass is 210 g/mol. The first-order valence-electron chi connectivity index (χ1n) is 5.32. The second-order valence-corrected chi connectivity index (χ2v) is 5.02. The molecule has 0 amide bonds. The lowest BCUT2D eigenvalue weighted by molar-refractivity contribution is 0.227. The Kier molecular flexibility index (Phi) is 2.31. The van der Waals surface area contributed by atoms with Gasteiger partial charge in [-0.05, 0) is 33.1 Å². The number of hydrogen-bond donors (Lipinski definition) is 2. The first kappa shape index (κ1) is 10.6. The lowest BCUT2D eigenvalue weighted by Gasteiger charge is -2.34. The molecule has 84 valence electrons. The molecule has 0 bridgehead atoms. The van der Waals surface area contributed by atoms with Crippen LogP contribution in [-0.4, -0.2) is 16.7 Å². The number of hydrogen-bond acceptors (Lipinski definition) is 5. The Morgan fingerprint density at radius 2 is 2.13 bits per heavy atom. The minimum Gasteiger partial charge on any atom is -0.339 e. The maximum atomic E-state index is 6.11. The molecule has 1 heterocycles. The van der Waals surface area contributed by atoms with E-state index in [1.54, 1.807) is 0 Å². The average molecular weight is 210 g/mol. The van der Waals surface area contributed by atoms with Crippen molar-refractivity contribution in [3.63, 3.8) is 0 Å². The maximum Gasteiger partial charge on any atom is 0.233 e. The van der Waals surface area contributed by atoms with Crippen molar-refractivity contribution in [1.29, 1.82) is 0 Å². The molecule has 1 aromatic heterocycles. The summed E-state index contributed by atoms with van der Waals surface area (Å²) in [5.41, 5.74) is 11.1. The fourth-order valence-corrected chi connectivity index (χ4v) is 1.57. The van der Waals surface area contributed by atoms with Crippen molar-refractivity contribution in [1.82, 2.24) is 10.1 Å². The van der Waals surface area contributed by atoms with Crippen LogP contribution in [-0.2, 0) is 11.0 Å². The van der Waals surface area contributed by atoms with Gasteiger partial charge in [-0.1, -0.05) is 5.16 Å². The molecule has 5 heteroatoms. The van der Waals surface area contributed by atoms with Gasteiger partial charge in [-0.15, -0.1) is 0 Å². The van der Waals surface area contributed by atoms with Gasteiger partial charge in [0.1, 0.15) is 0 Å². The minimum absolute atomic E-state index is 0.272. The van der Waals surface area contributed by atoms with Crippen molar-refractivity contribution in [3.8, 4) is 0 Å². The number of rotatable bonds is 3. The smallest absolute Gasteiger partial charge is 0.233 e. The van der Waals surface area contributed by atoms with Crippen molar-refractivity contribution in [3.05, 3.63) is 11.7 Å². The van der Waals surface area contributed by atoms with Crippen LogP contribution in [0.2, 0.25) is 0 Å². The summed E-state index contributed by atoms with van der Waals surface area (Å²) in [5, 5.41) is 3.96. The molecule has 15 heavy (non-hydrogen) atoms. The largest absolute Gasteiger partial charge is 0.339 e. The van der Waals surface area contributed by atoms with E-state index in [1.807, 2.05) is 13.8 Å². The first-order valence-corrected chi connectivity index (χ1v) is 5.32. The predicted octanol–water partition coefficient (Wildman–Crippen LogP) is 0.644. The summed E-state index contributed by atoms with van der Waals surface area (Å²) in [5.74, 6) is 1.21. The Morgan fingerprint density at radius 1 is 1.47 bits per heavy atom. The van der Waals surface area contributed by atoms with Crippen molar-refractivity contribution < 1.29 is 4.52 Å². The zero-order chi connectivity index (χ0) is 11.1. The third-order valence-corrected chi connectivity index (χ3v) is 3.21. The second-order valence-electron chi connectivity index (χ2n) is 5.02. The second kappa shape index (κ2) is 3.28. The van der Waals surface area contributed by atoms with Crippen LogP contribution in [0, 0.1) is 0 Å². The van der Waals surface area contributed by atoms with E-state index in [0.29, 0.717) is 18.3 Å². The summed E-state index contributed by atoms with van der Waals surface area (Å²) in [6.45, 7) is 4.44. The van der Waals surface area contributed by atoms with Crippen molar-refractivity contribution >= 4 is 0 Å². The summed E-state index contributed by atoms with van der Waals surface area (Å²) in [7, 11) is 0. The van der Waals surface area contributed by atoms with Gasteiger partial charge in [-0.25, -0.2) is 0 Å². The minimum atomic E-state index is -0.355. The van der Waals surface area contributed by atoms with Gasteiger partial charge in [0, 0.05) is 6.54 Å². The van der Waals surface area contributed by atoms with Crippen molar-refractivity contribution in [2.24, 2.45) is 11.5 Å². The van der Waals surface area contributed by atoms with Crippen LogP contribution in [0.1, 0.15) is 44.8 Å². The molecule has 0 aromatic carbocycles. The fraction of sp³-hybridized carbons (Fsp3) is 0.800. The van der Waals surface area contributed by atoms with Gasteiger partial charge < -0.3 is 16.0 Å². The van der Waals surface area contributed by atoms with Crippen LogP contribution in [0.25, 0.3) is 0 Å². The van der Waals surface area contributed by atoms with Gasteiger partial charge >= 0.3 is 0 Å². The highest BCUT2D eigenvalue weighted by Crippen LogP contribution is 2.37. The molecule has 2 rings (SSSR count). The standard InChI is InChI=1S/C10H18N4O/c1-9(2,6-11)8-13-7(14-15-8)10(12)4-3-5-10/h3-6,11-12H2,1-2H3. The average Bonchev–Trinajstić information content (AvgIpc) is 2.63. The van der Waals surface area contributed by atoms with Gasteiger partial charge in [-0.2, -0.15) is 4.98 Å². The normalized spacial score (nSPS) is 20.0. The van der Waals surface area contributed by atoms with Gasteiger partial charge in [-0.3, -0.25) is 0 Å². The van der Waals surface area contributed by atoms with Crippen LogP contribution < -0.4 is 11.5 Å². The highest BCUT2D eigenvalue weighted by molar-refractivity contribution is 5.11. The molecule has 4 N–H and O–H groups in total. The Balaban J connectivity index is 2.24. The van der Waals surface area contributed by atoms with E-state index in [-0.39, 0.29) is 11.0 Å². The highest BCUT2D eigenvalue weighted by atomic mass is 16.5. The molecular weight excluding hydrogens is 192 g/mol. The van der Waals surface area contributed by atoms with Crippen molar-refractivity contribution in [2.45, 2.75) is 44.1 Å². The van der Waals surface area contributed by atoms with Gasteiger partial charge in [0.15, 0.2) is 5.82 Å². The summed E-state index contributed by atoms with van der Waals surface area (Å²) in [6, 6.07) is 0. The van der Waals surface area contributed by atoms with E-state index < -0.39 is 0 Å². The van der Waals surface area contributed by atoms with Gasteiger partial charge in [0.2, 0.25) is 5.89 Å². The third-order valence-electron chi connectivity index (χ3n) is 3.21. The molecule has 0 aliphatic heterocycles. The van der Waals surface area contributed by atoms with Crippen LogP contribution in [0.4, 0.5) is 0 Å². The van der Waals surface area contributed by atoms with E-state index in [9.17, 15) is 0 Å². The molecule has 1 aromatic rings. The topological polar surface area (TPSA) is 91.0 Å².